The van der Waals surface area contributed by atoms with Gasteiger partial charge in [0.15, 0.2) is 0 Å². The fourth-order valence-corrected chi connectivity index (χ4v) is 2.95. The van der Waals surface area contributed by atoms with E-state index in [1.807, 2.05) is 31.3 Å². The van der Waals surface area contributed by atoms with E-state index in [2.05, 4.69) is 5.32 Å². The van der Waals surface area contributed by atoms with Crippen molar-refractivity contribution in [2.45, 2.75) is 18.5 Å². The van der Waals surface area contributed by atoms with Crippen molar-refractivity contribution in [1.29, 1.82) is 0 Å². The number of para-hydroxylation sites is 1. The molecule has 0 radical (unpaired) electrons. The number of nitrogens with zero attached hydrogens (tertiary/aromatic N) is 2. The number of ether oxygens (including phenoxy) is 1. The maximum Gasteiger partial charge on any atom is 0.274 e. The Bertz CT molecular complexity index is 562. The zero-order valence-electron chi connectivity index (χ0n) is 11.8. The Labute approximate surface area is 118 Å². The van der Waals surface area contributed by atoms with Gasteiger partial charge in [-0.3, -0.25) is 4.79 Å². The van der Waals surface area contributed by atoms with Crippen LogP contribution in [0.1, 0.15) is 18.4 Å². The molecule has 1 amide bonds. The Morgan fingerprint density at radius 3 is 2.90 bits per heavy atom. The topological polar surface area (TPSA) is 53.9 Å². The van der Waals surface area contributed by atoms with Gasteiger partial charge in [0.05, 0.1) is 7.11 Å². The summed E-state index contributed by atoms with van der Waals surface area (Å²) >= 11 is 0. The van der Waals surface area contributed by atoms with Crippen LogP contribution in [-0.4, -0.2) is 49.4 Å². The number of hydrogen-bond donors (Lipinski definition) is 1. The normalized spacial score (nSPS) is 26.0. The summed E-state index contributed by atoms with van der Waals surface area (Å²) in [6.07, 6.45) is 1.93. The number of methoxy groups -OCH3 is 1. The quantitative estimate of drug-likeness (QED) is 0.876. The summed E-state index contributed by atoms with van der Waals surface area (Å²) in [4.78, 5) is 19.1. The predicted molar refractivity (Wildman–Crippen MR) is 77.1 cm³/mol. The van der Waals surface area contributed by atoms with Crippen molar-refractivity contribution in [1.82, 2.24) is 10.2 Å². The number of amides is 1. The number of aliphatic imine (C=N–C) groups is 1. The van der Waals surface area contributed by atoms with Crippen molar-refractivity contribution in [3.63, 3.8) is 0 Å². The van der Waals surface area contributed by atoms with E-state index in [4.69, 9.17) is 9.73 Å². The summed E-state index contributed by atoms with van der Waals surface area (Å²) in [7, 11) is 3.45. The smallest absolute Gasteiger partial charge is 0.274 e. The highest BCUT2D eigenvalue weighted by atomic mass is 16.5. The first-order chi connectivity index (χ1) is 9.68. The van der Waals surface area contributed by atoms with Gasteiger partial charge in [-0.05, 0) is 31.5 Å². The lowest BCUT2D eigenvalue weighted by Gasteiger charge is -2.37. The molecular weight excluding hydrogens is 254 g/mol. The molecule has 1 aromatic carbocycles. The van der Waals surface area contributed by atoms with Crippen LogP contribution in [0.4, 0.5) is 0 Å². The second-order valence-electron chi connectivity index (χ2n) is 5.29. The van der Waals surface area contributed by atoms with E-state index in [1.165, 1.54) is 0 Å². The number of likely N-dealkylation sites (N-methyl/N-ethyl adjacent to an activating group) is 1. The van der Waals surface area contributed by atoms with Crippen LogP contribution in [0, 0.1) is 0 Å². The lowest BCUT2D eigenvalue weighted by atomic mass is 10.00. The fourth-order valence-electron chi connectivity index (χ4n) is 2.95. The fraction of sp³-hybridized carbons (Fsp3) is 0.467. The van der Waals surface area contributed by atoms with E-state index >= 15 is 0 Å². The highest BCUT2D eigenvalue weighted by Gasteiger charge is 2.46. The zero-order chi connectivity index (χ0) is 14.2. The van der Waals surface area contributed by atoms with Crippen molar-refractivity contribution in [3.05, 3.63) is 29.8 Å². The van der Waals surface area contributed by atoms with Crippen LogP contribution in [-0.2, 0) is 4.79 Å². The van der Waals surface area contributed by atoms with Crippen molar-refractivity contribution in [3.8, 4) is 5.75 Å². The molecule has 0 aliphatic carbocycles. The van der Waals surface area contributed by atoms with Crippen LogP contribution in [0.5, 0.6) is 5.75 Å². The van der Waals surface area contributed by atoms with Gasteiger partial charge in [0.25, 0.3) is 5.91 Å². The summed E-state index contributed by atoms with van der Waals surface area (Å²) in [6.45, 7) is 1.71. The van der Waals surface area contributed by atoms with E-state index < -0.39 is 5.66 Å². The zero-order valence-corrected chi connectivity index (χ0v) is 11.8. The monoisotopic (exact) mass is 273 g/mol. The third-order valence-corrected chi connectivity index (χ3v) is 4.15. The largest absolute Gasteiger partial charge is 0.496 e. The van der Waals surface area contributed by atoms with Crippen molar-refractivity contribution in [2.75, 3.05) is 27.2 Å². The van der Waals surface area contributed by atoms with Gasteiger partial charge >= 0.3 is 0 Å². The second kappa shape index (κ2) is 4.90. The number of carbonyl (C=O) groups is 1. The third-order valence-electron chi connectivity index (χ3n) is 4.15. The minimum absolute atomic E-state index is 0.0294. The van der Waals surface area contributed by atoms with Crippen molar-refractivity contribution < 1.29 is 9.53 Å². The average molecular weight is 273 g/mol. The van der Waals surface area contributed by atoms with Crippen LogP contribution in [0.15, 0.2) is 29.3 Å². The molecule has 1 aromatic rings. The predicted octanol–water partition coefficient (Wildman–Crippen LogP) is 1.04. The summed E-state index contributed by atoms with van der Waals surface area (Å²) < 4.78 is 5.35. The molecule has 106 valence electrons. The molecule has 2 aliphatic heterocycles. The standard InChI is InChI=1S/C15H19N3O2/c1-18-14(19)13(11-6-3-4-7-12(11)20-2)17-15(18)8-5-9-16-10-15/h3-4,6-7,16H,5,8-10H2,1-2H3/t15-/m1/s1. The molecule has 1 N–H and O–H groups in total. The Kier molecular flexibility index (Phi) is 3.22. The lowest BCUT2D eigenvalue weighted by Crippen LogP contribution is -2.53. The van der Waals surface area contributed by atoms with Crippen LogP contribution >= 0.6 is 0 Å². The van der Waals surface area contributed by atoms with Crippen LogP contribution in [0.3, 0.4) is 0 Å². The highest BCUT2D eigenvalue weighted by molar-refractivity contribution is 6.47. The van der Waals surface area contributed by atoms with Crippen molar-refractivity contribution in [2.24, 2.45) is 4.99 Å². The van der Waals surface area contributed by atoms with Gasteiger partial charge in [-0.1, -0.05) is 12.1 Å². The molecule has 5 heteroatoms. The molecule has 0 aromatic heterocycles. The number of piperidine rings is 1. The molecule has 0 unspecified atom stereocenters. The molecular formula is C15H19N3O2. The molecule has 2 heterocycles. The molecule has 1 saturated heterocycles. The Morgan fingerprint density at radius 2 is 2.20 bits per heavy atom. The Balaban J connectivity index is 2.04. The molecule has 1 atom stereocenters. The van der Waals surface area contributed by atoms with Gasteiger partial charge in [0.1, 0.15) is 17.1 Å². The van der Waals surface area contributed by atoms with E-state index in [0.717, 1.165) is 24.9 Å². The summed E-state index contributed by atoms with van der Waals surface area (Å²) in [5.74, 6) is 0.659. The summed E-state index contributed by atoms with van der Waals surface area (Å²) in [6, 6.07) is 7.54. The van der Waals surface area contributed by atoms with Gasteiger partial charge in [-0.25, -0.2) is 4.99 Å². The number of nitrogens with one attached hydrogen (secondary N) is 1. The Morgan fingerprint density at radius 1 is 1.40 bits per heavy atom. The molecule has 2 aliphatic rings. The number of hydrogen-bond acceptors (Lipinski definition) is 4. The lowest BCUT2D eigenvalue weighted by molar-refractivity contribution is -0.126. The Hall–Kier alpha value is -1.88. The van der Waals surface area contributed by atoms with Gasteiger partial charge in [0, 0.05) is 19.2 Å². The molecule has 5 nitrogen and oxygen atoms in total. The van der Waals surface area contributed by atoms with Gasteiger partial charge in [-0.2, -0.15) is 0 Å². The number of carbonyl (C=O) groups excluding carboxylic acids is 1. The van der Waals surface area contributed by atoms with Crippen LogP contribution < -0.4 is 10.1 Å². The maximum absolute atomic E-state index is 12.6. The second-order valence-corrected chi connectivity index (χ2v) is 5.29. The number of benzene rings is 1. The molecule has 1 spiro atoms. The van der Waals surface area contributed by atoms with E-state index in [-0.39, 0.29) is 5.91 Å². The van der Waals surface area contributed by atoms with Crippen LogP contribution in [0.25, 0.3) is 0 Å². The SMILES string of the molecule is COc1ccccc1C1=N[C@]2(CCCNC2)N(C)C1=O. The molecule has 0 saturated carbocycles. The summed E-state index contributed by atoms with van der Waals surface area (Å²) in [5.41, 5.74) is 0.855. The first kappa shape index (κ1) is 13.1. The van der Waals surface area contributed by atoms with Gasteiger partial charge in [-0.15, -0.1) is 0 Å². The van der Waals surface area contributed by atoms with E-state index in [1.54, 1.807) is 12.0 Å². The molecule has 3 rings (SSSR count). The molecule has 20 heavy (non-hydrogen) atoms. The molecule has 1 fully saturated rings. The van der Waals surface area contributed by atoms with Gasteiger partial charge in [0.2, 0.25) is 0 Å². The van der Waals surface area contributed by atoms with E-state index in [9.17, 15) is 4.79 Å². The van der Waals surface area contributed by atoms with Crippen LogP contribution in [0.2, 0.25) is 0 Å². The third kappa shape index (κ3) is 1.89. The maximum atomic E-state index is 12.6. The molecule has 0 bridgehead atoms. The first-order valence-electron chi connectivity index (χ1n) is 6.90. The number of rotatable bonds is 2. The van der Waals surface area contributed by atoms with Gasteiger partial charge < -0.3 is 15.0 Å². The first-order valence-corrected chi connectivity index (χ1v) is 6.90. The minimum atomic E-state index is -0.425. The van der Waals surface area contributed by atoms with E-state index in [0.29, 0.717) is 18.0 Å². The van der Waals surface area contributed by atoms with Crippen molar-refractivity contribution >= 4 is 11.6 Å². The summed E-state index contributed by atoms with van der Waals surface area (Å²) in [5, 5.41) is 3.34. The average Bonchev–Trinajstić information content (AvgIpc) is 2.73. The highest BCUT2D eigenvalue weighted by Crippen LogP contribution is 2.33. The minimum Gasteiger partial charge on any atom is -0.496 e.